The average molecular weight is 227 g/mol. The summed E-state index contributed by atoms with van der Waals surface area (Å²) in [6.07, 6.45) is 5.45. The van der Waals surface area contributed by atoms with E-state index in [0.717, 1.165) is 25.0 Å². The zero-order valence-electron chi connectivity index (χ0n) is 11.5. The first kappa shape index (κ1) is 14.0. The molecule has 1 saturated carbocycles. The highest BCUT2D eigenvalue weighted by Gasteiger charge is 2.30. The van der Waals surface area contributed by atoms with E-state index in [1.54, 1.807) is 0 Å². The SMILES string of the molecule is CCOCCCC1CCC1CNC(C)(C)C. The van der Waals surface area contributed by atoms with Crippen LogP contribution in [0.4, 0.5) is 0 Å². The second-order valence-electron chi connectivity index (χ2n) is 6.07. The first-order chi connectivity index (χ1) is 7.53. The van der Waals surface area contributed by atoms with Crippen molar-refractivity contribution in [3.8, 4) is 0 Å². The van der Waals surface area contributed by atoms with Crippen LogP contribution < -0.4 is 5.32 Å². The molecule has 0 heterocycles. The molecule has 0 bridgehead atoms. The Bertz CT molecular complexity index is 186. The quantitative estimate of drug-likeness (QED) is 0.674. The van der Waals surface area contributed by atoms with Gasteiger partial charge in [-0.1, -0.05) is 0 Å². The van der Waals surface area contributed by atoms with E-state index in [-0.39, 0.29) is 5.54 Å². The van der Waals surface area contributed by atoms with E-state index in [4.69, 9.17) is 4.74 Å². The second kappa shape index (κ2) is 6.61. The molecule has 0 amide bonds. The molecule has 0 aromatic rings. The van der Waals surface area contributed by atoms with Crippen LogP contribution in [0.1, 0.15) is 53.4 Å². The van der Waals surface area contributed by atoms with Gasteiger partial charge in [0.2, 0.25) is 0 Å². The Labute approximate surface area is 101 Å². The van der Waals surface area contributed by atoms with E-state index in [0.29, 0.717) is 0 Å². The van der Waals surface area contributed by atoms with Gasteiger partial charge >= 0.3 is 0 Å². The smallest absolute Gasteiger partial charge is 0.0465 e. The standard InChI is InChI=1S/C14H29NO/c1-5-16-10-6-7-12-8-9-13(12)11-15-14(2,3)4/h12-13,15H,5-11H2,1-4H3. The van der Waals surface area contributed by atoms with Gasteiger partial charge in [0.05, 0.1) is 0 Å². The molecule has 0 aromatic heterocycles. The van der Waals surface area contributed by atoms with Crippen molar-refractivity contribution in [3.63, 3.8) is 0 Å². The van der Waals surface area contributed by atoms with Gasteiger partial charge in [0.25, 0.3) is 0 Å². The van der Waals surface area contributed by atoms with Crippen LogP contribution in [0.15, 0.2) is 0 Å². The van der Waals surface area contributed by atoms with E-state index < -0.39 is 0 Å². The van der Waals surface area contributed by atoms with Crippen molar-refractivity contribution in [2.24, 2.45) is 11.8 Å². The Hall–Kier alpha value is -0.0800. The molecule has 1 aliphatic rings. The molecule has 0 aromatic carbocycles. The second-order valence-corrected chi connectivity index (χ2v) is 6.07. The molecule has 1 fully saturated rings. The predicted octanol–water partition coefficient (Wildman–Crippen LogP) is 3.22. The van der Waals surface area contributed by atoms with Crippen molar-refractivity contribution in [3.05, 3.63) is 0 Å². The minimum atomic E-state index is 0.269. The number of ether oxygens (including phenoxy) is 1. The molecule has 1 aliphatic carbocycles. The van der Waals surface area contributed by atoms with Crippen LogP contribution in [0.25, 0.3) is 0 Å². The van der Waals surface area contributed by atoms with Gasteiger partial charge in [0.1, 0.15) is 0 Å². The minimum Gasteiger partial charge on any atom is -0.382 e. The van der Waals surface area contributed by atoms with E-state index >= 15 is 0 Å². The summed E-state index contributed by atoms with van der Waals surface area (Å²) in [4.78, 5) is 0. The zero-order chi connectivity index (χ0) is 12.0. The maximum atomic E-state index is 5.39. The summed E-state index contributed by atoms with van der Waals surface area (Å²) in [6, 6.07) is 0. The van der Waals surface area contributed by atoms with Gasteiger partial charge in [-0.05, 0) is 71.8 Å². The van der Waals surface area contributed by atoms with Crippen LogP contribution in [-0.2, 0) is 4.74 Å². The van der Waals surface area contributed by atoms with Gasteiger partial charge in [-0.25, -0.2) is 0 Å². The Morgan fingerprint density at radius 3 is 2.38 bits per heavy atom. The normalized spacial score (nSPS) is 25.5. The lowest BCUT2D eigenvalue weighted by Crippen LogP contribution is -2.43. The fraction of sp³-hybridized carbons (Fsp3) is 1.00. The van der Waals surface area contributed by atoms with Gasteiger partial charge in [0, 0.05) is 18.8 Å². The molecule has 2 atom stereocenters. The van der Waals surface area contributed by atoms with E-state index in [1.807, 2.05) is 0 Å². The maximum Gasteiger partial charge on any atom is 0.0465 e. The Kier molecular flexibility index (Phi) is 5.77. The molecule has 16 heavy (non-hydrogen) atoms. The molecule has 2 heteroatoms. The van der Waals surface area contributed by atoms with Crippen molar-refractivity contribution >= 4 is 0 Å². The van der Waals surface area contributed by atoms with Crippen molar-refractivity contribution < 1.29 is 4.74 Å². The summed E-state index contributed by atoms with van der Waals surface area (Å²) in [5, 5.41) is 3.62. The van der Waals surface area contributed by atoms with Crippen LogP contribution in [0, 0.1) is 11.8 Å². The summed E-state index contributed by atoms with van der Waals surface area (Å²) < 4.78 is 5.39. The van der Waals surface area contributed by atoms with E-state index in [1.165, 1.54) is 32.2 Å². The molecule has 1 N–H and O–H groups in total. The molecule has 2 unspecified atom stereocenters. The summed E-state index contributed by atoms with van der Waals surface area (Å²) in [7, 11) is 0. The fourth-order valence-corrected chi connectivity index (χ4v) is 2.32. The predicted molar refractivity (Wildman–Crippen MR) is 69.7 cm³/mol. The fourth-order valence-electron chi connectivity index (χ4n) is 2.32. The molecular weight excluding hydrogens is 198 g/mol. The lowest BCUT2D eigenvalue weighted by atomic mass is 9.71. The number of rotatable bonds is 7. The molecule has 1 rings (SSSR count). The van der Waals surface area contributed by atoms with E-state index in [2.05, 4.69) is 33.0 Å². The highest BCUT2D eigenvalue weighted by Crippen LogP contribution is 2.37. The van der Waals surface area contributed by atoms with Crippen molar-refractivity contribution in [2.75, 3.05) is 19.8 Å². The molecule has 2 nitrogen and oxygen atoms in total. The largest absolute Gasteiger partial charge is 0.382 e. The van der Waals surface area contributed by atoms with Crippen molar-refractivity contribution in [2.45, 2.75) is 58.9 Å². The molecule has 0 aliphatic heterocycles. The first-order valence-corrected chi connectivity index (χ1v) is 6.85. The lowest BCUT2D eigenvalue weighted by molar-refractivity contribution is 0.109. The summed E-state index contributed by atoms with van der Waals surface area (Å²) in [5.41, 5.74) is 0.269. The van der Waals surface area contributed by atoms with Gasteiger partial charge in [0.15, 0.2) is 0 Å². The van der Waals surface area contributed by atoms with Crippen LogP contribution in [0.2, 0.25) is 0 Å². The Balaban J connectivity index is 2.06. The number of nitrogens with one attached hydrogen (secondary N) is 1. The average Bonchev–Trinajstić information content (AvgIpc) is 2.14. The summed E-state index contributed by atoms with van der Waals surface area (Å²) in [5.74, 6) is 1.87. The van der Waals surface area contributed by atoms with Crippen molar-refractivity contribution in [1.82, 2.24) is 5.32 Å². The van der Waals surface area contributed by atoms with Gasteiger partial charge < -0.3 is 10.1 Å². The third-order valence-electron chi connectivity index (χ3n) is 3.54. The molecule has 0 radical (unpaired) electrons. The Morgan fingerprint density at radius 2 is 1.88 bits per heavy atom. The third kappa shape index (κ3) is 5.31. The highest BCUT2D eigenvalue weighted by molar-refractivity contribution is 4.84. The molecule has 0 spiro atoms. The molecular formula is C14H29NO. The summed E-state index contributed by atoms with van der Waals surface area (Å²) >= 11 is 0. The van der Waals surface area contributed by atoms with E-state index in [9.17, 15) is 0 Å². The van der Waals surface area contributed by atoms with Gasteiger partial charge in [-0.3, -0.25) is 0 Å². The summed E-state index contributed by atoms with van der Waals surface area (Å²) in [6.45, 7) is 11.8. The zero-order valence-corrected chi connectivity index (χ0v) is 11.5. The van der Waals surface area contributed by atoms with Crippen molar-refractivity contribution in [1.29, 1.82) is 0 Å². The van der Waals surface area contributed by atoms with Crippen LogP contribution in [0.3, 0.4) is 0 Å². The Morgan fingerprint density at radius 1 is 1.19 bits per heavy atom. The number of hydrogen-bond donors (Lipinski definition) is 1. The van der Waals surface area contributed by atoms with Gasteiger partial charge in [-0.15, -0.1) is 0 Å². The monoisotopic (exact) mass is 227 g/mol. The van der Waals surface area contributed by atoms with Crippen LogP contribution in [0.5, 0.6) is 0 Å². The lowest BCUT2D eigenvalue weighted by Gasteiger charge is -2.39. The minimum absolute atomic E-state index is 0.269. The maximum absolute atomic E-state index is 5.39. The van der Waals surface area contributed by atoms with Crippen LogP contribution in [-0.4, -0.2) is 25.3 Å². The molecule has 96 valence electrons. The topological polar surface area (TPSA) is 21.3 Å². The number of hydrogen-bond acceptors (Lipinski definition) is 2. The highest BCUT2D eigenvalue weighted by atomic mass is 16.5. The third-order valence-corrected chi connectivity index (χ3v) is 3.54. The van der Waals surface area contributed by atoms with Crippen LogP contribution >= 0.6 is 0 Å². The molecule has 0 saturated heterocycles. The first-order valence-electron chi connectivity index (χ1n) is 6.85. The van der Waals surface area contributed by atoms with Gasteiger partial charge in [-0.2, -0.15) is 0 Å².